The van der Waals surface area contributed by atoms with Gasteiger partial charge in [0.25, 0.3) is 0 Å². The van der Waals surface area contributed by atoms with Gasteiger partial charge in [0, 0.05) is 21.3 Å². The van der Waals surface area contributed by atoms with Crippen molar-refractivity contribution in [3.63, 3.8) is 0 Å². The van der Waals surface area contributed by atoms with E-state index in [1.807, 2.05) is 26.0 Å². The molecule has 0 saturated heterocycles. The summed E-state index contributed by atoms with van der Waals surface area (Å²) in [5.41, 5.74) is 1.90. The molecule has 1 aromatic carbocycles. The summed E-state index contributed by atoms with van der Waals surface area (Å²) in [5, 5.41) is 0.728. The van der Waals surface area contributed by atoms with Gasteiger partial charge in [0.05, 0.1) is 0 Å². The molecule has 0 spiro atoms. The monoisotopic (exact) mass is 286 g/mol. The van der Waals surface area contributed by atoms with Crippen LogP contribution in [0.2, 0.25) is 5.02 Å². The predicted octanol–water partition coefficient (Wildman–Crippen LogP) is 3.90. The van der Waals surface area contributed by atoms with E-state index in [-0.39, 0.29) is 0 Å². The molecule has 0 bridgehead atoms. The summed E-state index contributed by atoms with van der Waals surface area (Å²) in [7, 11) is 0. The third kappa shape index (κ3) is 1.74. The first-order valence-electron chi connectivity index (χ1n) is 4.94. The van der Waals surface area contributed by atoms with E-state index in [2.05, 4.69) is 15.9 Å². The SMILES string of the molecule is CC1(C)C(=O)CCc2cc(Cl)cc(Br)c21. The van der Waals surface area contributed by atoms with Crippen molar-refractivity contribution in [2.75, 3.05) is 0 Å². The van der Waals surface area contributed by atoms with Gasteiger partial charge < -0.3 is 0 Å². The minimum atomic E-state index is -0.392. The normalized spacial score (nSPS) is 18.8. The maximum absolute atomic E-state index is 11.9. The zero-order valence-electron chi connectivity index (χ0n) is 8.73. The lowest BCUT2D eigenvalue weighted by atomic mass is 9.72. The number of hydrogen-bond donors (Lipinski definition) is 0. The molecular formula is C12H12BrClO. The molecular weight excluding hydrogens is 275 g/mol. The van der Waals surface area contributed by atoms with E-state index in [0.29, 0.717) is 12.2 Å². The van der Waals surface area contributed by atoms with Gasteiger partial charge in [0.2, 0.25) is 0 Å². The summed E-state index contributed by atoms with van der Waals surface area (Å²) >= 11 is 9.50. The van der Waals surface area contributed by atoms with E-state index in [1.54, 1.807) is 0 Å². The molecule has 0 atom stereocenters. The number of Topliss-reactive ketones (excluding diaryl/α,β-unsaturated/α-hetero) is 1. The molecule has 1 aliphatic carbocycles. The van der Waals surface area contributed by atoms with Gasteiger partial charge in [0.1, 0.15) is 5.78 Å². The van der Waals surface area contributed by atoms with E-state index in [0.717, 1.165) is 21.5 Å². The Kier molecular flexibility index (Phi) is 2.68. The van der Waals surface area contributed by atoms with Crippen LogP contribution in [0.25, 0.3) is 0 Å². The van der Waals surface area contributed by atoms with E-state index >= 15 is 0 Å². The molecule has 0 saturated carbocycles. The van der Waals surface area contributed by atoms with Gasteiger partial charge >= 0.3 is 0 Å². The molecule has 1 aromatic rings. The molecule has 0 unspecified atom stereocenters. The Balaban J connectivity index is 2.69. The van der Waals surface area contributed by atoms with Crippen LogP contribution >= 0.6 is 27.5 Å². The van der Waals surface area contributed by atoms with Crippen molar-refractivity contribution in [1.82, 2.24) is 0 Å². The van der Waals surface area contributed by atoms with Crippen molar-refractivity contribution >= 4 is 33.3 Å². The van der Waals surface area contributed by atoms with Crippen LogP contribution in [0, 0.1) is 0 Å². The third-order valence-electron chi connectivity index (χ3n) is 3.08. The Morgan fingerprint density at radius 1 is 1.33 bits per heavy atom. The van der Waals surface area contributed by atoms with E-state index in [4.69, 9.17) is 11.6 Å². The van der Waals surface area contributed by atoms with Crippen molar-refractivity contribution in [3.8, 4) is 0 Å². The smallest absolute Gasteiger partial charge is 0.143 e. The lowest BCUT2D eigenvalue weighted by molar-refractivity contribution is -0.124. The fourth-order valence-electron chi connectivity index (χ4n) is 2.22. The summed E-state index contributed by atoms with van der Waals surface area (Å²) in [4.78, 5) is 11.9. The molecule has 0 amide bonds. The van der Waals surface area contributed by atoms with Crippen molar-refractivity contribution in [1.29, 1.82) is 0 Å². The molecule has 0 aromatic heterocycles. The number of halogens is 2. The van der Waals surface area contributed by atoms with E-state index in [1.165, 1.54) is 5.56 Å². The van der Waals surface area contributed by atoms with Crippen molar-refractivity contribution in [2.45, 2.75) is 32.1 Å². The Bertz CT molecular complexity index is 437. The quantitative estimate of drug-likeness (QED) is 0.707. The maximum Gasteiger partial charge on any atom is 0.143 e. The molecule has 0 fully saturated rings. The Labute approximate surface area is 103 Å². The number of benzene rings is 1. The fourth-order valence-corrected chi connectivity index (χ4v) is 3.59. The summed E-state index contributed by atoms with van der Waals surface area (Å²) in [6.45, 7) is 3.96. The van der Waals surface area contributed by atoms with Crippen molar-refractivity contribution in [2.24, 2.45) is 0 Å². The molecule has 1 aliphatic rings. The molecule has 15 heavy (non-hydrogen) atoms. The first-order valence-corrected chi connectivity index (χ1v) is 6.11. The first kappa shape index (κ1) is 11.2. The van der Waals surface area contributed by atoms with Gasteiger partial charge in [-0.15, -0.1) is 0 Å². The van der Waals surface area contributed by atoms with Gasteiger partial charge in [-0.1, -0.05) is 27.5 Å². The molecule has 0 radical (unpaired) electrons. The van der Waals surface area contributed by atoms with Crippen molar-refractivity contribution < 1.29 is 4.79 Å². The first-order chi connectivity index (χ1) is 6.93. The summed E-state index contributed by atoms with van der Waals surface area (Å²) in [5.74, 6) is 0.304. The van der Waals surface area contributed by atoms with Crippen LogP contribution in [-0.2, 0) is 16.6 Å². The van der Waals surface area contributed by atoms with Gasteiger partial charge in [-0.05, 0) is 43.5 Å². The van der Waals surface area contributed by atoms with Gasteiger partial charge in [-0.2, -0.15) is 0 Å². The largest absolute Gasteiger partial charge is 0.299 e. The Morgan fingerprint density at radius 3 is 2.67 bits per heavy atom. The Morgan fingerprint density at radius 2 is 2.00 bits per heavy atom. The number of aryl methyl sites for hydroxylation is 1. The number of carbonyl (C=O) groups excluding carboxylic acids is 1. The van der Waals surface area contributed by atoms with Crippen LogP contribution in [0.3, 0.4) is 0 Å². The number of rotatable bonds is 0. The third-order valence-corrected chi connectivity index (χ3v) is 3.92. The number of ketones is 1. The second-order valence-electron chi connectivity index (χ2n) is 4.47. The number of carbonyl (C=O) groups is 1. The van der Waals surface area contributed by atoms with Crippen molar-refractivity contribution in [3.05, 3.63) is 32.8 Å². The topological polar surface area (TPSA) is 17.1 Å². The minimum absolute atomic E-state index is 0.304. The van der Waals surface area contributed by atoms with Crippen LogP contribution in [0.1, 0.15) is 31.4 Å². The highest BCUT2D eigenvalue weighted by atomic mass is 79.9. The molecule has 1 nitrogen and oxygen atoms in total. The minimum Gasteiger partial charge on any atom is -0.299 e. The number of hydrogen-bond acceptors (Lipinski definition) is 1. The van der Waals surface area contributed by atoms with Crippen LogP contribution < -0.4 is 0 Å². The summed E-state index contributed by atoms with van der Waals surface area (Å²) in [6, 6.07) is 3.83. The maximum atomic E-state index is 11.9. The highest BCUT2D eigenvalue weighted by Crippen LogP contribution is 2.40. The van der Waals surface area contributed by atoms with Gasteiger partial charge in [-0.25, -0.2) is 0 Å². The number of fused-ring (bicyclic) bond motifs is 1. The van der Waals surface area contributed by atoms with Gasteiger partial charge in [-0.3, -0.25) is 4.79 Å². The second-order valence-corrected chi connectivity index (χ2v) is 5.76. The highest BCUT2D eigenvalue weighted by molar-refractivity contribution is 9.10. The summed E-state index contributed by atoms with van der Waals surface area (Å²) < 4.78 is 0.947. The summed E-state index contributed by atoms with van der Waals surface area (Å²) in [6.07, 6.45) is 1.42. The van der Waals surface area contributed by atoms with Crippen LogP contribution in [0.15, 0.2) is 16.6 Å². The molecule has 3 heteroatoms. The average molecular weight is 288 g/mol. The fraction of sp³-hybridized carbons (Fsp3) is 0.417. The molecule has 0 heterocycles. The zero-order chi connectivity index (χ0) is 11.2. The average Bonchev–Trinajstić information content (AvgIpc) is 2.10. The second kappa shape index (κ2) is 3.60. The standard InChI is InChI=1S/C12H12BrClO/c1-12(2)10(15)4-3-7-5-8(14)6-9(13)11(7)12/h5-6H,3-4H2,1-2H3. The lowest BCUT2D eigenvalue weighted by Gasteiger charge is -2.32. The predicted molar refractivity (Wildman–Crippen MR) is 65.5 cm³/mol. The molecule has 0 N–H and O–H groups in total. The van der Waals surface area contributed by atoms with E-state index in [9.17, 15) is 4.79 Å². The Hall–Kier alpha value is -0.340. The van der Waals surface area contributed by atoms with Crippen LogP contribution in [0.5, 0.6) is 0 Å². The van der Waals surface area contributed by atoms with Crippen LogP contribution in [-0.4, -0.2) is 5.78 Å². The molecule has 2 rings (SSSR count). The lowest BCUT2D eigenvalue weighted by Crippen LogP contribution is -2.34. The van der Waals surface area contributed by atoms with E-state index < -0.39 is 5.41 Å². The zero-order valence-corrected chi connectivity index (χ0v) is 11.1. The molecule has 80 valence electrons. The van der Waals surface area contributed by atoms with Gasteiger partial charge in [0.15, 0.2) is 0 Å². The highest BCUT2D eigenvalue weighted by Gasteiger charge is 2.36. The van der Waals surface area contributed by atoms with Crippen LogP contribution in [0.4, 0.5) is 0 Å². The molecule has 0 aliphatic heterocycles.